The number of hydrogen-bond acceptors (Lipinski definition) is 6. The number of fused-ring (bicyclic) bond motifs is 1. The lowest BCUT2D eigenvalue weighted by Gasteiger charge is -2.26. The smallest absolute Gasteiger partial charge is 0.179 e. The predicted octanol–water partition coefficient (Wildman–Crippen LogP) is 2.02. The molecule has 0 saturated carbocycles. The van der Waals surface area contributed by atoms with E-state index in [1.54, 1.807) is 18.3 Å². The molecule has 7 heteroatoms. The molecule has 0 aromatic carbocycles. The fourth-order valence-corrected chi connectivity index (χ4v) is 4.34. The second-order valence-electron chi connectivity index (χ2n) is 5.44. The first-order chi connectivity index (χ1) is 10.5. The molecule has 0 atom stereocenters. The third-order valence-electron chi connectivity index (χ3n) is 3.78. The minimum absolute atomic E-state index is 0.258. The summed E-state index contributed by atoms with van der Waals surface area (Å²) in [5.74, 6) is 0.443. The van der Waals surface area contributed by atoms with Gasteiger partial charge in [-0.1, -0.05) is 0 Å². The Labute approximate surface area is 134 Å². The van der Waals surface area contributed by atoms with Gasteiger partial charge in [-0.3, -0.25) is 4.90 Å². The maximum absolute atomic E-state index is 11.7. The molecule has 22 heavy (non-hydrogen) atoms. The molecule has 5 nitrogen and oxygen atoms in total. The summed E-state index contributed by atoms with van der Waals surface area (Å²) in [7, 11) is -3.26. The average Bonchev–Trinajstić information content (AvgIpc) is 2.94. The topological polar surface area (TPSA) is 62.3 Å². The molecule has 0 bridgehead atoms. The minimum Gasteiger partial charge on any atom is -0.368 e. The number of thiophene rings is 1. The van der Waals surface area contributed by atoms with Crippen LogP contribution in [0, 0.1) is 0 Å². The Balaban J connectivity index is 1.59. The second-order valence-corrected chi connectivity index (χ2v) is 8.43. The standard InChI is InChI=1S/C15H19N3O2S2/c1-22(19,20)14-3-2-6-16-15(14)17-7-9-18-8-4-13-12(11-18)5-10-21-13/h2-3,5-6,10H,4,7-9,11H2,1H3,(H,16,17). The molecule has 0 fully saturated rings. The van der Waals surface area contributed by atoms with Crippen LogP contribution < -0.4 is 5.32 Å². The number of rotatable bonds is 5. The van der Waals surface area contributed by atoms with Gasteiger partial charge in [0.25, 0.3) is 0 Å². The molecule has 118 valence electrons. The van der Waals surface area contributed by atoms with Crippen LogP contribution in [0.1, 0.15) is 10.4 Å². The molecule has 0 spiro atoms. The molecule has 0 saturated heterocycles. The molecule has 3 rings (SSSR count). The quantitative estimate of drug-likeness (QED) is 0.904. The summed E-state index contributed by atoms with van der Waals surface area (Å²) in [5.41, 5.74) is 1.42. The summed E-state index contributed by atoms with van der Waals surface area (Å²) >= 11 is 1.83. The maximum atomic E-state index is 11.7. The van der Waals surface area contributed by atoms with E-state index in [4.69, 9.17) is 0 Å². The van der Waals surface area contributed by atoms with Crippen LogP contribution in [0.4, 0.5) is 5.82 Å². The lowest BCUT2D eigenvalue weighted by Crippen LogP contribution is -2.33. The Hall–Kier alpha value is -1.44. The summed E-state index contributed by atoms with van der Waals surface area (Å²) in [5, 5.41) is 5.31. The third-order valence-corrected chi connectivity index (χ3v) is 5.93. The first kappa shape index (κ1) is 15.5. The van der Waals surface area contributed by atoms with Gasteiger partial charge < -0.3 is 5.32 Å². The van der Waals surface area contributed by atoms with Crippen molar-refractivity contribution in [3.63, 3.8) is 0 Å². The van der Waals surface area contributed by atoms with Gasteiger partial charge in [-0.05, 0) is 35.6 Å². The van der Waals surface area contributed by atoms with Crippen molar-refractivity contribution in [2.24, 2.45) is 0 Å². The molecule has 1 aliphatic rings. The number of aromatic nitrogens is 1. The van der Waals surface area contributed by atoms with E-state index in [9.17, 15) is 8.42 Å². The monoisotopic (exact) mass is 337 g/mol. The molecule has 1 N–H and O–H groups in total. The van der Waals surface area contributed by atoms with Crippen molar-refractivity contribution in [2.45, 2.75) is 17.9 Å². The predicted molar refractivity (Wildman–Crippen MR) is 89.1 cm³/mol. The van der Waals surface area contributed by atoms with E-state index in [0.29, 0.717) is 12.4 Å². The van der Waals surface area contributed by atoms with Crippen LogP contribution in [0.2, 0.25) is 0 Å². The van der Waals surface area contributed by atoms with Crippen molar-refractivity contribution in [1.29, 1.82) is 0 Å². The highest BCUT2D eigenvalue weighted by Gasteiger charge is 2.17. The third kappa shape index (κ3) is 3.48. The lowest BCUT2D eigenvalue weighted by atomic mass is 10.1. The van der Waals surface area contributed by atoms with Crippen molar-refractivity contribution >= 4 is 27.0 Å². The number of anilines is 1. The number of pyridine rings is 1. The van der Waals surface area contributed by atoms with Crippen molar-refractivity contribution in [3.8, 4) is 0 Å². The Morgan fingerprint density at radius 2 is 2.27 bits per heavy atom. The zero-order valence-corrected chi connectivity index (χ0v) is 14.1. The Bertz CT molecular complexity index is 756. The van der Waals surface area contributed by atoms with E-state index in [1.807, 2.05) is 11.3 Å². The highest BCUT2D eigenvalue weighted by atomic mass is 32.2. The van der Waals surface area contributed by atoms with Gasteiger partial charge in [0.15, 0.2) is 9.84 Å². The Kier molecular flexibility index (Phi) is 4.46. The second kappa shape index (κ2) is 6.36. The molecule has 2 aromatic rings. The minimum atomic E-state index is -3.26. The van der Waals surface area contributed by atoms with Crippen LogP contribution in [0.15, 0.2) is 34.7 Å². The van der Waals surface area contributed by atoms with Crippen LogP contribution in [-0.4, -0.2) is 44.2 Å². The van der Waals surface area contributed by atoms with Crippen LogP contribution in [0.3, 0.4) is 0 Å². The molecule has 2 aromatic heterocycles. The molecule has 3 heterocycles. The van der Waals surface area contributed by atoms with Gasteiger partial charge >= 0.3 is 0 Å². The molecule has 1 aliphatic heterocycles. The van der Waals surface area contributed by atoms with Gasteiger partial charge in [-0.15, -0.1) is 11.3 Å². The van der Waals surface area contributed by atoms with Gasteiger partial charge in [0.1, 0.15) is 10.7 Å². The van der Waals surface area contributed by atoms with Crippen molar-refractivity contribution in [1.82, 2.24) is 9.88 Å². The van der Waals surface area contributed by atoms with E-state index < -0.39 is 9.84 Å². The van der Waals surface area contributed by atoms with Crippen molar-refractivity contribution in [2.75, 3.05) is 31.2 Å². The van der Waals surface area contributed by atoms with E-state index >= 15 is 0 Å². The van der Waals surface area contributed by atoms with E-state index in [1.165, 1.54) is 16.7 Å². The molecular weight excluding hydrogens is 318 g/mol. The highest BCUT2D eigenvalue weighted by molar-refractivity contribution is 7.90. The van der Waals surface area contributed by atoms with Gasteiger partial charge in [0.2, 0.25) is 0 Å². The van der Waals surface area contributed by atoms with Gasteiger partial charge in [0.05, 0.1) is 0 Å². The van der Waals surface area contributed by atoms with Crippen molar-refractivity contribution in [3.05, 3.63) is 40.2 Å². The fraction of sp³-hybridized carbons (Fsp3) is 0.400. The zero-order chi connectivity index (χ0) is 15.6. The fourth-order valence-electron chi connectivity index (χ4n) is 2.65. The number of nitrogens with one attached hydrogen (secondary N) is 1. The van der Waals surface area contributed by atoms with Gasteiger partial charge in [-0.2, -0.15) is 0 Å². The first-order valence-corrected chi connectivity index (χ1v) is 9.98. The summed E-state index contributed by atoms with van der Waals surface area (Å²) in [6.45, 7) is 3.58. The molecule has 0 unspecified atom stereocenters. The lowest BCUT2D eigenvalue weighted by molar-refractivity contribution is 0.266. The highest BCUT2D eigenvalue weighted by Crippen LogP contribution is 2.23. The zero-order valence-electron chi connectivity index (χ0n) is 12.4. The summed E-state index contributed by atoms with van der Waals surface area (Å²) < 4.78 is 23.5. The van der Waals surface area contributed by atoms with Gasteiger partial charge in [0, 0.05) is 43.5 Å². The van der Waals surface area contributed by atoms with E-state index in [2.05, 4.69) is 26.6 Å². The summed E-state index contributed by atoms with van der Waals surface area (Å²) in [6, 6.07) is 5.42. The first-order valence-electron chi connectivity index (χ1n) is 7.20. The molecular formula is C15H19N3O2S2. The SMILES string of the molecule is CS(=O)(=O)c1cccnc1NCCN1CCc2sccc2C1. The van der Waals surface area contributed by atoms with Crippen LogP contribution in [0.25, 0.3) is 0 Å². The van der Waals surface area contributed by atoms with E-state index in [-0.39, 0.29) is 4.90 Å². The Morgan fingerprint density at radius 3 is 3.09 bits per heavy atom. The molecule has 0 amide bonds. The summed E-state index contributed by atoms with van der Waals surface area (Å²) in [4.78, 5) is 8.28. The number of sulfone groups is 1. The number of hydrogen-bond donors (Lipinski definition) is 1. The molecule has 0 aliphatic carbocycles. The van der Waals surface area contributed by atoms with Gasteiger partial charge in [-0.25, -0.2) is 13.4 Å². The normalized spacial score (nSPS) is 15.5. The summed E-state index contributed by atoms with van der Waals surface area (Å²) in [6.07, 6.45) is 3.92. The van der Waals surface area contributed by atoms with E-state index in [0.717, 1.165) is 26.1 Å². The van der Waals surface area contributed by atoms with Crippen LogP contribution >= 0.6 is 11.3 Å². The Morgan fingerprint density at radius 1 is 1.41 bits per heavy atom. The maximum Gasteiger partial charge on any atom is 0.179 e. The van der Waals surface area contributed by atoms with Crippen LogP contribution in [0.5, 0.6) is 0 Å². The average molecular weight is 337 g/mol. The van der Waals surface area contributed by atoms with Crippen molar-refractivity contribution < 1.29 is 8.42 Å². The van der Waals surface area contributed by atoms with Crippen LogP contribution in [-0.2, 0) is 22.8 Å². The number of nitrogens with zero attached hydrogens (tertiary/aromatic N) is 2. The largest absolute Gasteiger partial charge is 0.368 e. The molecule has 0 radical (unpaired) electrons.